The second-order valence-electron chi connectivity index (χ2n) is 12.0. The number of aryl methyl sites for hydroxylation is 3. The third-order valence-electron chi connectivity index (χ3n) is 8.66. The number of carbonyl (C=O) groups is 3. The molecule has 0 fully saturated rings. The molecule has 6 N–H and O–H groups in total. The maximum atomic E-state index is 11.5. The number of carbonyl (C=O) groups excluding carboxylic acids is 1. The average Bonchev–Trinajstić information content (AvgIpc) is 3.68. The summed E-state index contributed by atoms with van der Waals surface area (Å²) in [4.78, 5) is 51.2. The molecule has 0 spiro atoms. The Hall–Kier alpha value is -5.71. The van der Waals surface area contributed by atoms with E-state index in [9.17, 15) is 24.6 Å². The van der Waals surface area contributed by atoms with E-state index in [0.717, 1.165) is 83.7 Å². The van der Waals surface area contributed by atoms with Crippen molar-refractivity contribution in [2.24, 2.45) is 5.73 Å². The molecule has 0 saturated heterocycles. The summed E-state index contributed by atoms with van der Waals surface area (Å²) >= 11 is 0. The van der Waals surface area contributed by atoms with Crippen LogP contribution in [0.1, 0.15) is 78.1 Å². The van der Waals surface area contributed by atoms with E-state index in [0.29, 0.717) is 18.5 Å². The van der Waals surface area contributed by atoms with Crippen LogP contribution < -0.4 is 5.73 Å². The number of hydrogen-bond acceptors (Lipinski definition) is 5. The van der Waals surface area contributed by atoms with Gasteiger partial charge in [-0.2, -0.15) is 0 Å². The summed E-state index contributed by atoms with van der Waals surface area (Å²) in [6.07, 6.45) is 4.22. The number of H-pyrrole nitrogens is 2. The SMILES string of the molecule is C=CC1=C(C)c2cc3[nH]c(cc4nc(cc5[nH]c(cc1n2)c(C)c5CCC(=O)O)C(CCC(=O)O)=C4C)c(C)c3C=C.CN(C)C(N)=O. The van der Waals surface area contributed by atoms with Crippen LogP contribution in [0.25, 0.3) is 50.4 Å². The zero-order valence-electron chi connectivity index (χ0n) is 28.2. The second-order valence-corrected chi connectivity index (χ2v) is 12.0. The summed E-state index contributed by atoms with van der Waals surface area (Å²) in [5.74, 6) is -1.76. The third-order valence-corrected chi connectivity index (χ3v) is 8.66. The largest absolute Gasteiger partial charge is 0.481 e. The number of fused-ring (bicyclic) bond motifs is 8. The van der Waals surface area contributed by atoms with Crippen molar-refractivity contribution in [1.82, 2.24) is 24.8 Å². The number of urea groups is 1. The van der Waals surface area contributed by atoms with Crippen molar-refractivity contribution < 1.29 is 24.6 Å². The minimum Gasteiger partial charge on any atom is -0.481 e. The Morgan fingerprint density at radius 3 is 1.83 bits per heavy atom. The van der Waals surface area contributed by atoms with Crippen LogP contribution in [0.2, 0.25) is 0 Å². The van der Waals surface area contributed by atoms with Gasteiger partial charge >= 0.3 is 18.0 Å². The van der Waals surface area contributed by atoms with Gasteiger partial charge in [-0.05, 0) is 98.2 Å². The standard InChI is InChI=1S/C34H34N4O4.C3H8N2O/c1-7-21-17(3)25-13-26-19(5)23(9-11-33(39)40)31(37-26)16-32-24(10-12-34(41)42)20(6)28(38-32)15-30-22(8-2)18(4)27(36-30)14-29(21)35-25;1-5(2)3(4)6/h7-8,13-16,35,38H,1-2,9-12H2,3-6H3,(H,39,40)(H,41,42);1-2H3,(H2,4,6). The van der Waals surface area contributed by atoms with E-state index >= 15 is 0 Å². The zero-order chi connectivity index (χ0) is 35.4. The summed E-state index contributed by atoms with van der Waals surface area (Å²) in [5, 5.41) is 18.9. The molecule has 11 nitrogen and oxygen atoms in total. The highest BCUT2D eigenvalue weighted by Gasteiger charge is 2.21. The summed E-state index contributed by atoms with van der Waals surface area (Å²) in [6.45, 7) is 16.0. The topological polar surface area (TPSA) is 178 Å². The molecule has 0 atom stereocenters. The fraction of sp³-hybridized carbons (Fsp3) is 0.270. The van der Waals surface area contributed by atoms with Crippen LogP contribution in [-0.2, 0) is 16.0 Å². The Balaban J connectivity index is 0.000000794. The summed E-state index contributed by atoms with van der Waals surface area (Å²) in [5.41, 5.74) is 18.4. The molecule has 3 aromatic heterocycles. The number of rotatable bonds is 8. The smallest absolute Gasteiger partial charge is 0.314 e. The first-order chi connectivity index (χ1) is 22.7. The molecule has 0 aliphatic carbocycles. The van der Waals surface area contributed by atoms with Gasteiger partial charge in [-0.3, -0.25) is 9.59 Å². The molecule has 2 aliphatic rings. The maximum Gasteiger partial charge on any atom is 0.314 e. The quantitative estimate of drug-likeness (QED) is 0.172. The lowest BCUT2D eigenvalue weighted by Crippen LogP contribution is -2.27. The lowest BCUT2D eigenvalue weighted by atomic mass is 10.0. The van der Waals surface area contributed by atoms with Crippen molar-refractivity contribution in [1.29, 1.82) is 0 Å². The molecule has 2 aliphatic heterocycles. The fourth-order valence-corrected chi connectivity index (χ4v) is 5.77. The Morgan fingerprint density at radius 1 is 0.750 bits per heavy atom. The Bertz CT molecular complexity index is 2080. The van der Waals surface area contributed by atoms with Gasteiger partial charge in [-0.1, -0.05) is 25.3 Å². The van der Waals surface area contributed by atoms with Crippen LogP contribution in [0, 0.1) is 13.8 Å². The highest BCUT2D eigenvalue weighted by molar-refractivity contribution is 5.98. The molecule has 11 heteroatoms. The average molecular weight is 651 g/mol. The highest BCUT2D eigenvalue weighted by Crippen LogP contribution is 2.36. The first kappa shape index (κ1) is 35.1. The number of nitrogens with two attached hydrogens (primary N) is 1. The Kier molecular flexibility index (Phi) is 10.5. The molecule has 0 unspecified atom stereocenters. The first-order valence-corrected chi connectivity index (χ1v) is 15.5. The van der Waals surface area contributed by atoms with Crippen molar-refractivity contribution in [2.75, 3.05) is 14.1 Å². The van der Waals surface area contributed by atoms with Crippen molar-refractivity contribution in [2.45, 2.75) is 53.4 Å². The van der Waals surface area contributed by atoms with Gasteiger partial charge in [0, 0.05) is 60.1 Å². The number of carboxylic acid groups (broad SMARTS) is 2. The molecule has 48 heavy (non-hydrogen) atoms. The van der Waals surface area contributed by atoms with Gasteiger partial charge < -0.3 is 30.8 Å². The van der Waals surface area contributed by atoms with Gasteiger partial charge in [-0.15, -0.1) is 0 Å². The number of aromatic amines is 2. The van der Waals surface area contributed by atoms with E-state index in [-0.39, 0.29) is 12.8 Å². The van der Waals surface area contributed by atoms with Crippen LogP contribution >= 0.6 is 0 Å². The first-order valence-electron chi connectivity index (χ1n) is 15.5. The van der Waals surface area contributed by atoms with Crippen molar-refractivity contribution >= 4 is 68.4 Å². The van der Waals surface area contributed by atoms with Crippen LogP contribution in [0.15, 0.2) is 43.5 Å². The lowest BCUT2D eigenvalue weighted by Gasteiger charge is -2.03. The van der Waals surface area contributed by atoms with E-state index in [2.05, 4.69) is 23.1 Å². The normalized spacial score (nSPS) is 12.4. The summed E-state index contributed by atoms with van der Waals surface area (Å²) < 4.78 is 0. The minimum absolute atomic E-state index is 0.0259. The molecule has 0 saturated carbocycles. The number of primary amides is 1. The van der Waals surface area contributed by atoms with E-state index in [1.807, 2.05) is 58.0 Å². The van der Waals surface area contributed by atoms with E-state index < -0.39 is 18.0 Å². The van der Waals surface area contributed by atoms with Crippen LogP contribution in [-0.4, -0.2) is 67.1 Å². The molecule has 8 bridgehead atoms. The summed E-state index contributed by atoms with van der Waals surface area (Å²) in [6, 6.07) is 7.47. The van der Waals surface area contributed by atoms with Gasteiger partial charge in [0.05, 0.1) is 22.8 Å². The minimum atomic E-state index is -0.883. The monoisotopic (exact) mass is 650 g/mol. The van der Waals surface area contributed by atoms with Gasteiger partial charge in [-0.25, -0.2) is 14.8 Å². The van der Waals surface area contributed by atoms with Gasteiger partial charge in [0.25, 0.3) is 0 Å². The molecule has 0 radical (unpaired) electrons. The predicted molar refractivity (Wildman–Crippen MR) is 192 cm³/mol. The van der Waals surface area contributed by atoms with E-state index in [1.54, 1.807) is 20.2 Å². The number of nitrogens with one attached hydrogen (secondary N) is 2. The fourth-order valence-electron chi connectivity index (χ4n) is 5.77. The number of aromatic nitrogens is 4. The van der Waals surface area contributed by atoms with Gasteiger partial charge in [0.2, 0.25) is 0 Å². The zero-order valence-corrected chi connectivity index (χ0v) is 28.2. The van der Waals surface area contributed by atoms with Crippen LogP contribution in [0.5, 0.6) is 0 Å². The molecule has 5 heterocycles. The number of amides is 2. The Morgan fingerprint density at radius 2 is 1.25 bits per heavy atom. The third kappa shape index (κ3) is 7.30. The summed E-state index contributed by atoms with van der Waals surface area (Å²) in [7, 11) is 3.20. The number of nitrogens with zero attached hydrogens (tertiary/aromatic N) is 3. The van der Waals surface area contributed by atoms with E-state index in [1.165, 1.54) is 4.90 Å². The molecule has 2 amide bonds. The molecular weight excluding hydrogens is 608 g/mol. The van der Waals surface area contributed by atoms with Crippen molar-refractivity contribution in [3.8, 4) is 0 Å². The molecule has 0 aromatic carbocycles. The van der Waals surface area contributed by atoms with E-state index in [4.69, 9.17) is 15.7 Å². The lowest BCUT2D eigenvalue weighted by molar-refractivity contribution is -0.137. The maximum absolute atomic E-state index is 11.5. The molecule has 3 aromatic rings. The van der Waals surface area contributed by atoms with Crippen LogP contribution in [0.4, 0.5) is 4.79 Å². The number of aliphatic carboxylic acids is 2. The van der Waals surface area contributed by atoms with Crippen LogP contribution in [0.3, 0.4) is 0 Å². The second kappa shape index (κ2) is 14.4. The number of hydrogen-bond donors (Lipinski definition) is 5. The molecule has 250 valence electrons. The highest BCUT2D eigenvalue weighted by atomic mass is 16.4. The van der Waals surface area contributed by atoms with Gasteiger partial charge in [0.15, 0.2) is 0 Å². The Labute approximate surface area is 279 Å². The molecule has 5 rings (SSSR count). The van der Waals surface area contributed by atoms with Crippen molar-refractivity contribution in [3.05, 3.63) is 88.5 Å². The number of allylic oxidation sites excluding steroid dienone is 5. The molecular formula is C37H42N6O5. The van der Waals surface area contributed by atoms with Gasteiger partial charge in [0.1, 0.15) is 0 Å². The van der Waals surface area contributed by atoms with Crippen molar-refractivity contribution in [3.63, 3.8) is 0 Å². The predicted octanol–water partition coefficient (Wildman–Crippen LogP) is 7.13. The number of carboxylic acids is 2.